The zero-order chi connectivity index (χ0) is 24.7. The van der Waals surface area contributed by atoms with E-state index in [9.17, 15) is 14.7 Å². The number of carboxylic acids is 1. The standard InChI is InChI=1S/C25H24FN5O4/c26-18-19(28)17-21-23(20(18)29-9-3-4-15-6-5-14(10-27)11-30-15)35-13-25(7-1-2-8-25)31(21)12-16(22(17)32)24(33)34/h5-6,11-12,29H,1-4,7-9,13,28H2,(H,33,34). The highest BCUT2D eigenvalue weighted by Crippen LogP contribution is 2.48. The minimum absolute atomic E-state index is 0.0619. The molecule has 1 aliphatic carbocycles. The Bertz CT molecular complexity index is 1440. The van der Waals surface area contributed by atoms with Crippen LogP contribution in [0.3, 0.4) is 0 Å². The van der Waals surface area contributed by atoms with Gasteiger partial charge in [-0.05, 0) is 37.8 Å². The van der Waals surface area contributed by atoms with Crippen LogP contribution in [0.1, 0.15) is 53.7 Å². The molecule has 35 heavy (non-hydrogen) atoms. The van der Waals surface area contributed by atoms with Crippen LogP contribution in [-0.4, -0.2) is 33.8 Å². The second-order valence-corrected chi connectivity index (χ2v) is 9.10. The Kier molecular flexibility index (Phi) is 5.55. The van der Waals surface area contributed by atoms with Crippen molar-refractivity contribution in [3.05, 3.63) is 57.4 Å². The smallest absolute Gasteiger partial charge is 0.341 e. The Balaban J connectivity index is 1.53. The summed E-state index contributed by atoms with van der Waals surface area (Å²) in [6.45, 7) is 0.632. The molecule has 9 nitrogen and oxygen atoms in total. The number of nitrogens with one attached hydrogen (secondary N) is 1. The Labute approximate surface area is 200 Å². The van der Waals surface area contributed by atoms with E-state index in [1.54, 1.807) is 16.7 Å². The number of aromatic nitrogens is 2. The maximum atomic E-state index is 15.4. The molecule has 1 fully saturated rings. The van der Waals surface area contributed by atoms with Crippen molar-refractivity contribution in [2.75, 3.05) is 24.2 Å². The molecule has 0 atom stereocenters. The Morgan fingerprint density at radius 1 is 1.37 bits per heavy atom. The first kappa shape index (κ1) is 22.7. The van der Waals surface area contributed by atoms with Crippen LogP contribution in [0.4, 0.5) is 15.8 Å². The van der Waals surface area contributed by atoms with Crippen molar-refractivity contribution >= 4 is 28.2 Å². The van der Waals surface area contributed by atoms with Gasteiger partial charge in [-0.1, -0.05) is 12.8 Å². The number of aryl methyl sites for hydroxylation is 1. The van der Waals surface area contributed by atoms with Gasteiger partial charge in [0.15, 0.2) is 11.6 Å². The van der Waals surface area contributed by atoms with Gasteiger partial charge in [0.1, 0.15) is 23.9 Å². The number of carboxylic acid groups (broad SMARTS) is 1. The molecule has 0 radical (unpaired) electrons. The van der Waals surface area contributed by atoms with Gasteiger partial charge in [0, 0.05) is 24.6 Å². The van der Waals surface area contributed by atoms with E-state index in [0.29, 0.717) is 30.5 Å². The molecule has 0 saturated heterocycles. The minimum Gasteiger partial charge on any atom is -0.487 e. The number of aromatic carboxylic acids is 1. The van der Waals surface area contributed by atoms with Gasteiger partial charge in [-0.15, -0.1) is 0 Å². The highest BCUT2D eigenvalue weighted by molar-refractivity contribution is 6.03. The highest BCUT2D eigenvalue weighted by atomic mass is 19.1. The number of nitriles is 1. The van der Waals surface area contributed by atoms with Gasteiger partial charge in [-0.2, -0.15) is 5.26 Å². The van der Waals surface area contributed by atoms with Crippen molar-refractivity contribution in [3.8, 4) is 11.8 Å². The van der Waals surface area contributed by atoms with Crippen LogP contribution in [0.25, 0.3) is 10.9 Å². The van der Waals surface area contributed by atoms with E-state index in [4.69, 9.17) is 15.7 Å². The molecule has 2 aromatic heterocycles. The molecule has 1 saturated carbocycles. The molecule has 0 unspecified atom stereocenters. The zero-order valence-corrected chi connectivity index (χ0v) is 18.9. The van der Waals surface area contributed by atoms with Gasteiger partial charge in [0.25, 0.3) is 0 Å². The van der Waals surface area contributed by atoms with Crippen molar-refractivity contribution < 1.29 is 19.0 Å². The number of halogens is 1. The van der Waals surface area contributed by atoms with Crippen molar-refractivity contribution in [2.24, 2.45) is 0 Å². The van der Waals surface area contributed by atoms with Crippen LogP contribution in [0.5, 0.6) is 5.75 Å². The van der Waals surface area contributed by atoms with E-state index < -0.39 is 28.3 Å². The molecular weight excluding hydrogens is 453 g/mol. The third-order valence-electron chi connectivity index (χ3n) is 7.00. The minimum atomic E-state index is -1.37. The first-order valence-electron chi connectivity index (χ1n) is 11.5. The lowest BCUT2D eigenvalue weighted by Crippen LogP contribution is -2.42. The lowest BCUT2D eigenvalue weighted by atomic mass is 9.93. The van der Waals surface area contributed by atoms with Crippen molar-refractivity contribution in [2.45, 2.75) is 44.1 Å². The normalized spacial score (nSPS) is 15.7. The SMILES string of the molecule is N#Cc1ccc(CCCNc2c(F)c(N)c3c(=O)c(C(=O)O)cn4c3c2OCC42CCCC2)nc1. The number of fused-ring (bicyclic) bond motifs is 1. The summed E-state index contributed by atoms with van der Waals surface area (Å²) in [5, 5.41) is 21.4. The zero-order valence-electron chi connectivity index (χ0n) is 18.9. The van der Waals surface area contributed by atoms with Gasteiger partial charge >= 0.3 is 5.97 Å². The average Bonchev–Trinajstić information content (AvgIpc) is 3.33. The van der Waals surface area contributed by atoms with E-state index in [-0.39, 0.29) is 29.1 Å². The third kappa shape index (κ3) is 3.64. The van der Waals surface area contributed by atoms with E-state index in [1.165, 1.54) is 12.4 Å². The van der Waals surface area contributed by atoms with Gasteiger partial charge in [-0.3, -0.25) is 9.78 Å². The van der Waals surface area contributed by atoms with Crippen molar-refractivity contribution in [1.82, 2.24) is 9.55 Å². The first-order valence-corrected chi connectivity index (χ1v) is 11.5. The molecule has 3 aromatic rings. The van der Waals surface area contributed by atoms with Gasteiger partial charge < -0.3 is 25.5 Å². The molecule has 4 N–H and O–H groups in total. The second kappa shape index (κ2) is 8.58. The summed E-state index contributed by atoms with van der Waals surface area (Å²) >= 11 is 0. The number of nitrogens with zero attached hydrogens (tertiary/aromatic N) is 3. The predicted octanol–water partition coefficient (Wildman–Crippen LogP) is 3.39. The van der Waals surface area contributed by atoms with Crippen LogP contribution in [0, 0.1) is 17.1 Å². The topological polar surface area (TPSA) is 143 Å². The number of benzene rings is 1. The number of nitrogens with two attached hydrogens (primary N) is 1. The maximum absolute atomic E-state index is 15.4. The van der Waals surface area contributed by atoms with Crippen molar-refractivity contribution in [1.29, 1.82) is 5.26 Å². The van der Waals surface area contributed by atoms with Crippen LogP contribution in [0.2, 0.25) is 0 Å². The largest absolute Gasteiger partial charge is 0.487 e. The molecule has 1 spiro atoms. The monoisotopic (exact) mass is 477 g/mol. The van der Waals surface area contributed by atoms with E-state index in [0.717, 1.165) is 31.4 Å². The van der Waals surface area contributed by atoms with Crippen LogP contribution in [-0.2, 0) is 12.0 Å². The summed E-state index contributed by atoms with van der Waals surface area (Å²) in [6.07, 6.45) is 7.51. The molecule has 1 aromatic carbocycles. The van der Waals surface area contributed by atoms with Crippen LogP contribution in [0.15, 0.2) is 29.3 Å². The maximum Gasteiger partial charge on any atom is 0.341 e. The lowest BCUT2D eigenvalue weighted by molar-refractivity contribution is 0.0692. The summed E-state index contributed by atoms with van der Waals surface area (Å²) in [7, 11) is 0. The van der Waals surface area contributed by atoms with E-state index in [1.807, 2.05) is 6.07 Å². The summed E-state index contributed by atoms with van der Waals surface area (Å²) in [6, 6.07) is 5.50. The number of rotatable bonds is 6. The number of hydrogen-bond acceptors (Lipinski definition) is 7. The molecule has 180 valence electrons. The number of pyridine rings is 2. The lowest BCUT2D eigenvalue weighted by Gasteiger charge is -2.39. The quantitative estimate of drug-likeness (QED) is 0.362. The number of hydrogen-bond donors (Lipinski definition) is 3. The molecule has 0 amide bonds. The molecule has 10 heteroatoms. The average molecular weight is 477 g/mol. The summed E-state index contributed by atoms with van der Waals surface area (Å²) in [5.41, 5.74) is 5.65. The predicted molar refractivity (Wildman–Crippen MR) is 127 cm³/mol. The summed E-state index contributed by atoms with van der Waals surface area (Å²) < 4.78 is 23.3. The Hall–Kier alpha value is -4.13. The number of nitrogen functional groups attached to an aromatic ring is 1. The summed E-state index contributed by atoms with van der Waals surface area (Å²) in [5.74, 6) is -2.03. The number of ether oxygens (including phenoxy) is 1. The van der Waals surface area contributed by atoms with Crippen molar-refractivity contribution in [3.63, 3.8) is 0 Å². The first-order chi connectivity index (χ1) is 16.9. The van der Waals surface area contributed by atoms with Gasteiger partial charge in [0.2, 0.25) is 5.43 Å². The van der Waals surface area contributed by atoms with E-state index in [2.05, 4.69) is 10.3 Å². The third-order valence-corrected chi connectivity index (χ3v) is 7.00. The van der Waals surface area contributed by atoms with Crippen LogP contribution >= 0.6 is 0 Å². The van der Waals surface area contributed by atoms with Gasteiger partial charge in [-0.25, -0.2) is 9.18 Å². The fourth-order valence-electron chi connectivity index (χ4n) is 5.19. The van der Waals surface area contributed by atoms with Crippen LogP contribution < -0.4 is 21.2 Å². The van der Waals surface area contributed by atoms with Gasteiger partial charge in [0.05, 0.1) is 27.7 Å². The Morgan fingerprint density at radius 2 is 2.14 bits per heavy atom. The Morgan fingerprint density at radius 3 is 2.80 bits per heavy atom. The highest BCUT2D eigenvalue weighted by Gasteiger charge is 2.43. The van der Waals surface area contributed by atoms with E-state index >= 15 is 4.39 Å². The molecular formula is C25H24FN5O4. The molecule has 0 bridgehead atoms. The fourth-order valence-corrected chi connectivity index (χ4v) is 5.19. The summed E-state index contributed by atoms with van der Waals surface area (Å²) in [4.78, 5) is 29.1. The fraction of sp³-hybridized carbons (Fsp3) is 0.360. The molecule has 1 aliphatic heterocycles. The molecule has 2 aliphatic rings. The number of anilines is 2. The second-order valence-electron chi connectivity index (χ2n) is 9.10. The molecule has 5 rings (SSSR count). The number of carbonyl (C=O) groups is 1. The molecule has 3 heterocycles.